The zero-order valence-electron chi connectivity index (χ0n) is 17.1. The molecule has 2 aromatic rings. The molecule has 1 aromatic heterocycles. The van der Waals surface area contributed by atoms with Crippen molar-refractivity contribution in [1.29, 1.82) is 0 Å². The van der Waals surface area contributed by atoms with Gasteiger partial charge in [-0.25, -0.2) is 0 Å². The Hall–Kier alpha value is -2.56. The summed E-state index contributed by atoms with van der Waals surface area (Å²) in [4.78, 5) is 12.3. The van der Waals surface area contributed by atoms with Gasteiger partial charge in [0, 0.05) is 28.2 Å². The standard InChI is InChI=1S/C18H24N4O.C3H8/c1-11(2)19-14-9-13(8-7-12(14)3)20-17(23)15-10-16(22-21-15)18(4,5)6;1-3-2/h7-10,19H,1H2,2-6H3,(H,20,23)(H,21,22);3H2,1-2H3. The molecule has 26 heavy (non-hydrogen) atoms. The van der Waals surface area contributed by atoms with Gasteiger partial charge in [0.05, 0.1) is 0 Å². The molecule has 0 radical (unpaired) electrons. The van der Waals surface area contributed by atoms with E-state index in [1.165, 1.54) is 6.42 Å². The molecule has 3 N–H and O–H groups in total. The van der Waals surface area contributed by atoms with Crippen molar-refractivity contribution in [2.45, 2.75) is 60.3 Å². The average Bonchev–Trinajstić information content (AvgIpc) is 3.01. The number of amides is 1. The molecule has 0 saturated carbocycles. The van der Waals surface area contributed by atoms with Crippen molar-refractivity contribution in [3.8, 4) is 0 Å². The van der Waals surface area contributed by atoms with E-state index in [1.54, 1.807) is 6.07 Å². The number of carbonyl (C=O) groups excluding carboxylic acids is 1. The lowest BCUT2D eigenvalue weighted by Gasteiger charge is -2.14. The Balaban J connectivity index is 0.00000105. The predicted molar refractivity (Wildman–Crippen MR) is 111 cm³/mol. The smallest absolute Gasteiger partial charge is 0.276 e. The maximum absolute atomic E-state index is 12.3. The predicted octanol–water partition coefficient (Wildman–Crippen LogP) is 5.63. The van der Waals surface area contributed by atoms with E-state index >= 15 is 0 Å². The highest BCUT2D eigenvalue weighted by molar-refractivity contribution is 6.03. The second-order valence-electron chi connectivity index (χ2n) is 7.51. The number of nitrogens with one attached hydrogen (secondary N) is 3. The third-order valence-electron chi connectivity index (χ3n) is 3.46. The van der Waals surface area contributed by atoms with Gasteiger partial charge in [0.1, 0.15) is 0 Å². The first-order valence-electron chi connectivity index (χ1n) is 8.98. The minimum atomic E-state index is -0.234. The number of anilines is 2. The van der Waals surface area contributed by atoms with Crippen LogP contribution >= 0.6 is 0 Å². The number of H-pyrrole nitrogens is 1. The van der Waals surface area contributed by atoms with Gasteiger partial charge in [0.15, 0.2) is 5.69 Å². The summed E-state index contributed by atoms with van der Waals surface area (Å²) < 4.78 is 0. The fourth-order valence-electron chi connectivity index (χ4n) is 2.08. The normalized spacial score (nSPS) is 10.6. The number of hydrogen-bond acceptors (Lipinski definition) is 3. The molecule has 5 nitrogen and oxygen atoms in total. The quantitative estimate of drug-likeness (QED) is 0.665. The van der Waals surface area contributed by atoms with Gasteiger partial charge in [-0.2, -0.15) is 5.10 Å². The zero-order valence-corrected chi connectivity index (χ0v) is 17.1. The summed E-state index contributed by atoms with van der Waals surface area (Å²) in [6.45, 7) is 18.2. The second-order valence-corrected chi connectivity index (χ2v) is 7.51. The van der Waals surface area contributed by atoms with Crippen molar-refractivity contribution >= 4 is 17.3 Å². The van der Waals surface area contributed by atoms with Crippen LogP contribution in [0.1, 0.15) is 69.7 Å². The van der Waals surface area contributed by atoms with E-state index in [1.807, 2.05) is 32.0 Å². The van der Waals surface area contributed by atoms with Crippen LogP contribution in [-0.4, -0.2) is 16.1 Å². The molecule has 0 saturated heterocycles. The van der Waals surface area contributed by atoms with Crippen LogP contribution < -0.4 is 10.6 Å². The largest absolute Gasteiger partial charge is 0.359 e. The molecule has 0 fully saturated rings. The maximum atomic E-state index is 12.3. The van der Waals surface area contributed by atoms with Crippen molar-refractivity contribution in [3.05, 3.63) is 53.5 Å². The Morgan fingerprint density at radius 3 is 2.31 bits per heavy atom. The van der Waals surface area contributed by atoms with E-state index in [0.717, 1.165) is 22.6 Å². The average molecular weight is 357 g/mol. The number of aryl methyl sites for hydroxylation is 1. The minimum absolute atomic E-state index is 0.0754. The van der Waals surface area contributed by atoms with Crippen molar-refractivity contribution < 1.29 is 4.79 Å². The number of nitrogens with zero attached hydrogens (tertiary/aromatic N) is 1. The van der Waals surface area contributed by atoms with Gasteiger partial charge in [-0.15, -0.1) is 0 Å². The number of aromatic nitrogens is 2. The molecule has 0 atom stereocenters. The first-order chi connectivity index (χ1) is 12.1. The zero-order chi connectivity index (χ0) is 19.9. The molecule has 2 rings (SSSR count). The van der Waals surface area contributed by atoms with Gasteiger partial charge in [0.2, 0.25) is 0 Å². The summed E-state index contributed by atoms with van der Waals surface area (Å²) in [5.41, 5.74) is 4.80. The fourth-order valence-corrected chi connectivity index (χ4v) is 2.08. The molecule has 0 bridgehead atoms. The minimum Gasteiger partial charge on any atom is -0.359 e. The number of hydrogen-bond donors (Lipinski definition) is 3. The lowest BCUT2D eigenvalue weighted by Crippen LogP contribution is -2.13. The van der Waals surface area contributed by atoms with Crippen molar-refractivity contribution in [2.75, 3.05) is 10.6 Å². The molecule has 0 spiro atoms. The molecule has 1 amide bonds. The van der Waals surface area contributed by atoms with E-state index < -0.39 is 0 Å². The van der Waals surface area contributed by atoms with Crippen LogP contribution in [0.25, 0.3) is 0 Å². The first-order valence-corrected chi connectivity index (χ1v) is 8.98. The van der Waals surface area contributed by atoms with E-state index in [9.17, 15) is 4.79 Å². The van der Waals surface area contributed by atoms with E-state index in [2.05, 4.69) is 62.0 Å². The van der Waals surface area contributed by atoms with E-state index in [4.69, 9.17) is 0 Å². The molecule has 0 aliphatic carbocycles. The van der Waals surface area contributed by atoms with Gasteiger partial charge >= 0.3 is 0 Å². The van der Waals surface area contributed by atoms with Gasteiger partial charge in [-0.05, 0) is 37.6 Å². The van der Waals surface area contributed by atoms with Crippen LogP contribution in [0.4, 0.5) is 11.4 Å². The van der Waals surface area contributed by atoms with Crippen molar-refractivity contribution in [1.82, 2.24) is 10.2 Å². The van der Waals surface area contributed by atoms with Crippen LogP contribution in [0.2, 0.25) is 0 Å². The Morgan fingerprint density at radius 2 is 1.81 bits per heavy atom. The van der Waals surface area contributed by atoms with Crippen LogP contribution in [-0.2, 0) is 5.41 Å². The number of allylic oxidation sites excluding steroid dienone is 1. The summed E-state index contributed by atoms with van der Waals surface area (Å²) in [5, 5.41) is 13.1. The Labute approximate surface area is 157 Å². The van der Waals surface area contributed by atoms with Crippen LogP contribution in [0, 0.1) is 6.92 Å². The molecule has 1 aromatic carbocycles. The Bertz CT molecular complexity index is 754. The molecular weight excluding hydrogens is 324 g/mol. The van der Waals surface area contributed by atoms with Crippen molar-refractivity contribution in [2.24, 2.45) is 0 Å². The Kier molecular flexibility index (Phi) is 7.62. The second kappa shape index (κ2) is 9.22. The van der Waals surface area contributed by atoms with Gasteiger partial charge < -0.3 is 10.6 Å². The first kappa shape index (κ1) is 21.5. The van der Waals surface area contributed by atoms with Crippen LogP contribution in [0.3, 0.4) is 0 Å². The van der Waals surface area contributed by atoms with E-state index in [-0.39, 0.29) is 11.3 Å². The number of carbonyl (C=O) groups is 1. The molecule has 0 aliphatic rings. The summed E-state index contributed by atoms with van der Waals surface area (Å²) in [5.74, 6) is -0.234. The third-order valence-corrected chi connectivity index (χ3v) is 3.46. The van der Waals surface area contributed by atoms with Crippen LogP contribution in [0.5, 0.6) is 0 Å². The molecule has 0 unspecified atom stereocenters. The maximum Gasteiger partial charge on any atom is 0.276 e. The van der Waals surface area contributed by atoms with E-state index in [0.29, 0.717) is 11.4 Å². The monoisotopic (exact) mass is 356 g/mol. The number of rotatable bonds is 4. The summed E-state index contributed by atoms with van der Waals surface area (Å²) >= 11 is 0. The number of aromatic amines is 1. The lowest BCUT2D eigenvalue weighted by molar-refractivity contribution is 0.102. The van der Waals surface area contributed by atoms with Gasteiger partial charge in [-0.3, -0.25) is 9.89 Å². The van der Waals surface area contributed by atoms with Crippen LogP contribution in [0.15, 0.2) is 36.5 Å². The third kappa shape index (κ3) is 6.39. The van der Waals surface area contributed by atoms with Gasteiger partial charge in [0.25, 0.3) is 5.91 Å². The summed E-state index contributed by atoms with van der Waals surface area (Å²) in [6, 6.07) is 7.50. The highest BCUT2D eigenvalue weighted by Gasteiger charge is 2.19. The molecular formula is C21H32N4O. The molecule has 0 aliphatic heterocycles. The Morgan fingerprint density at radius 1 is 1.19 bits per heavy atom. The lowest BCUT2D eigenvalue weighted by atomic mass is 9.92. The fraction of sp³-hybridized carbons (Fsp3) is 0.429. The molecule has 5 heteroatoms. The summed E-state index contributed by atoms with van der Waals surface area (Å²) in [7, 11) is 0. The number of benzene rings is 1. The highest BCUT2D eigenvalue weighted by atomic mass is 16.1. The van der Waals surface area contributed by atoms with Gasteiger partial charge in [-0.1, -0.05) is 53.7 Å². The molecule has 142 valence electrons. The molecule has 1 heterocycles. The van der Waals surface area contributed by atoms with Crippen molar-refractivity contribution in [3.63, 3.8) is 0 Å². The summed E-state index contributed by atoms with van der Waals surface area (Å²) in [6.07, 6.45) is 1.25. The topological polar surface area (TPSA) is 69.8 Å². The SMILES string of the molecule is C=C(C)Nc1cc(NC(=O)c2cc(C(C)(C)C)[nH]n2)ccc1C.CCC. The highest BCUT2D eigenvalue weighted by Crippen LogP contribution is 2.23.